The molecular formula is C20H20N6Na2O9S. The van der Waals surface area contributed by atoms with Crippen LogP contribution in [0.25, 0.3) is 0 Å². The summed E-state index contributed by atoms with van der Waals surface area (Å²) in [5, 5.41) is 42.6. The Bertz CT molecular complexity index is 1270. The molecule has 4 rings (SSSR count). The molecule has 192 valence electrons. The average molecular weight is 566 g/mol. The van der Waals surface area contributed by atoms with Crippen LogP contribution in [0.4, 0.5) is 0 Å². The van der Waals surface area contributed by atoms with Crippen molar-refractivity contribution in [2.45, 2.75) is 23.0 Å². The summed E-state index contributed by atoms with van der Waals surface area (Å²) < 4.78 is 12.4. The minimum Gasteiger partial charge on any atom is -0.508 e. The number of benzene rings is 1. The summed E-state index contributed by atoms with van der Waals surface area (Å²) in [5.74, 6) is -6.73. The maximum absolute atomic E-state index is 13.2. The summed E-state index contributed by atoms with van der Waals surface area (Å²) >= 11 is 1.14. The fourth-order valence-corrected chi connectivity index (χ4v) is 4.72. The Labute approximate surface area is 263 Å². The van der Waals surface area contributed by atoms with E-state index in [1.54, 1.807) is 7.05 Å². The van der Waals surface area contributed by atoms with E-state index in [4.69, 9.17) is 9.47 Å². The van der Waals surface area contributed by atoms with E-state index in [9.17, 15) is 34.5 Å². The molecule has 1 unspecified atom stereocenters. The summed E-state index contributed by atoms with van der Waals surface area (Å²) in [7, 11) is 2.71. The van der Waals surface area contributed by atoms with Crippen LogP contribution in [0.2, 0.25) is 0 Å². The SMILES string of the molecule is CO[C@@]1(NC(=O)C(C(=O)O)c2ccc(O)cc2)C(=O)N2C(C(=O)O)=C(CSc3nnnn3C)CO[C@@H]21.[Na].[Na]. The molecule has 2 aromatic rings. The summed E-state index contributed by atoms with van der Waals surface area (Å²) in [6.45, 7) is -0.213. The smallest absolute Gasteiger partial charge is 0.352 e. The molecule has 15 nitrogen and oxygen atoms in total. The van der Waals surface area contributed by atoms with Gasteiger partial charge < -0.3 is 30.1 Å². The van der Waals surface area contributed by atoms with Gasteiger partial charge in [-0.3, -0.25) is 19.3 Å². The number of methoxy groups -OCH3 is 1. The number of carbonyl (C=O) groups is 4. The van der Waals surface area contributed by atoms with Gasteiger partial charge in [0.15, 0.2) is 12.1 Å². The van der Waals surface area contributed by atoms with Gasteiger partial charge in [-0.1, -0.05) is 23.9 Å². The van der Waals surface area contributed by atoms with E-state index in [2.05, 4.69) is 20.8 Å². The molecule has 18 heteroatoms. The number of carboxylic acid groups (broad SMARTS) is 2. The van der Waals surface area contributed by atoms with Crippen LogP contribution in [-0.4, -0.2) is 155 Å². The van der Waals surface area contributed by atoms with E-state index < -0.39 is 41.6 Å². The topological polar surface area (TPSA) is 206 Å². The minimum absolute atomic E-state index is 0. The Morgan fingerprint density at radius 2 is 1.92 bits per heavy atom. The van der Waals surface area contributed by atoms with Gasteiger partial charge in [0.25, 0.3) is 11.6 Å². The van der Waals surface area contributed by atoms with Crippen molar-refractivity contribution in [3.63, 3.8) is 0 Å². The van der Waals surface area contributed by atoms with Gasteiger partial charge in [0.05, 0.1) is 6.61 Å². The zero-order valence-electron chi connectivity index (χ0n) is 20.8. The van der Waals surface area contributed by atoms with Crippen LogP contribution in [-0.2, 0) is 35.7 Å². The number of thioether (sulfide) groups is 1. The molecule has 1 aromatic heterocycles. The molecule has 38 heavy (non-hydrogen) atoms. The van der Waals surface area contributed by atoms with Crippen LogP contribution in [0.5, 0.6) is 5.75 Å². The number of hydrogen-bond donors (Lipinski definition) is 4. The molecule has 2 radical (unpaired) electrons. The van der Waals surface area contributed by atoms with Crippen LogP contribution in [0.15, 0.2) is 40.7 Å². The standard InChI is InChI=1S/C20H20N6O9S.2Na/c1-25-19(22-23-24-25)36-8-10-7-35-18-20(34-2,17(33)26(18)13(10)16(31)32)21-14(28)12(15(29)30)9-3-5-11(27)6-4-9;;/h3-6,12,18,27H,7-8H2,1-2H3,(H,21,28)(H,29,30)(H,31,32);;/t12?,18-,20+;;/m1../s1. The number of ether oxygens (including phenoxy) is 2. The Morgan fingerprint density at radius 1 is 1.26 bits per heavy atom. The number of nitrogens with one attached hydrogen (secondary N) is 1. The molecule has 1 saturated heterocycles. The minimum atomic E-state index is -2.14. The Hall–Kier alpha value is -2.02. The number of aromatic nitrogens is 4. The fraction of sp³-hybridized carbons (Fsp3) is 0.350. The van der Waals surface area contributed by atoms with E-state index >= 15 is 0 Å². The Morgan fingerprint density at radius 3 is 2.45 bits per heavy atom. The second kappa shape index (κ2) is 12.9. The number of β-lactam (4-membered cyclic amide) rings is 1. The molecule has 3 heterocycles. The molecule has 0 bridgehead atoms. The van der Waals surface area contributed by atoms with Crippen molar-refractivity contribution < 1.29 is 44.0 Å². The number of rotatable bonds is 9. The monoisotopic (exact) mass is 566 g/mol. The molecule has 1 aromatic carbocycles. The Kier molecular flexibility index (Phi) is 10.9. The molecule has 2 aliphatic heterocycles. The number of phenols is 1. The first kappa shape index (κ1) is 32.2. The maximum Gasteiger partial charge on any atom is 0.352 e. The number of hydrogen-bond acceptors (Lipinski definition) is 11. The predicted octanol–water partition coefficient (Wildman–Crippen LogP) is -1.89. The van der Waals surface area contributed by atoms with Crippen molar-refractivity contribution in [3.05, 3.63) is 41.1 Å². The van der Waals surface area contributed by atoms with E-state index in [0.29, 0.717) is 5.16 Å². The van der Waals surface area contributed by atoms with Crippen LogP contribution in [0.1, 0.15) is 11.5 Å². The quantitative estimate of drug-likeness (QED) is 0.0862. The third kappa shape index (κ3) is 5.78. The van der Waals surface area contributed by atoms with E-state index in [1.165, 1.54) is 28.9 Å². The van der Waals surface area contributed by atoms with Crippen LogP contribution in [0, 0.1) is 0 Å². The number of nitrogens with zero attached hydrogens (tertiary/aromatic N) is 5. The van der Waals surface area contributed by atoms with Crippen molar-refractivity contribution in [3.8, 4) is 5.75 Å². The first-order chi connectivity index (χ1) is 17.1. The first-order valence-electron chi connectivity index (χ1n) is 10.2. The van der Waals surface area contributed by atoms with Crippen molar-refractivity contribution >= 4 is 94.6 Å². The predicted molar refractivity (Wildman–Crippen MR) is 129 cm³/mol. The number of phenolic OH excluding ortho intramolecular Hbond substituents is 1. The van der Waals surface area contributed by atoms with Gasteiger partial charge in [0.1, 0.15) is 11.4 Å². The Balaban J connectivity index is 0.00000253. The van der Waals surface area contributed by atoms with Crippen molar-refractivity contribution in [1.29, 1.82) is 0 Å². The summed E-state index contributed by atoms with van der Waals surface area (Å²) in [6.07, 6.45) is -1.36. The summed E-state index contributed by atoms with van der Waals surface area (Å²) in [6, 6.07) is 4.93. The van der Waals surface area contributed by atoms with Gasteiger partial charge in [-0.2, -0.15) is 0 Å². The molecule has 1 fully saturated rings. The molecule has 3 atom stereocenters. The average Bonchev–Trinajstić information content (AvgIpc) is 3.25. The molecule has 0 aliphatic carbocycles. The third-order valence-corrected chi connectivity index (χ3v) is 6.73. The summed E-state index contributed by atoms with van der Waals surface area (Å²) in [4.78, 5) is 51.0. The zero-order valence-corrected chi connectivity index (χ0v) is 25.6. The van der Waals surface area contributed by atoms with Gasteiger partial charge in [0.2, 0.25) is 11.1 Å². The number of aryl methyl sites for hydroxylation is 1. The summed E-state index contributed by atoms with van der Waals surface area (Å²) in [5.41, 5.74) is -2.17. The molecule has 2 amide bonds. The van der Waals surface area contributed by atoms with Crippen molar-refractivity contribution in [2.24, 2.45) is 7.05 Å². The van der Waals surface area contributed by atoms with Crippen LogP contribution >= 0.6 is 11.8 Å². The van der Waals surface area contributed by atoms with Crippen molar-refractivity contribution in [2.75, 3.05) is 19.5 Å². The van der Waals surface area contributed by atoms with Gasteiger partial charge in [-0.25, -0.2) is 9.48 Å². The van der Waals surface area contributed by atoms with Crippen LogP contribution < -0.4 is 5.32 Å². The first-order valence-corrected chi connectivity index (χ1v) is 11.2. The van der Waals surface area contributed by atoms with E-state index in [-0.39, 0.29) is 94.1 Å². The number of aromatic hydroxyl groups is 1. The maximum atomic E-state index is 13.2. The van der Waals surface area contributed by atoms with Gasteiger partial charge >= 0.3 is 11.9 Å². The third-order valence-electron chi connectivity index (χ3n) is 5.64. The number of tetrazole rings is 1. The van der Waals surface area contributed by atoms with Gasteiger partial charge in [0, 0.05) is 79.0 Å². The van der Waals surface area contributed by atoms with E-state index in [1.807, 2.05) is 0 Å². The molecule has 2 aliphatic rings. The molecule has 0 saturated carbocycles. The second-order valence-electron chi connectivity index (χ2n) is 7.76. The number of amides is 2. The van der Waals surface area contributed by atoms with Gasteiger partial charge in [-0.15, -0.1) is 5.10 Å². The van der Waals surface area contributed by atoms with Crippen LogP contribution in [0.3, 0.4) is 0 Å². The molecule has 4 N–H and O–H groups in total. The fourth-order valence-electron chi connectivity index (χ4n) is 3.88. The molecule has 0 spiro atoms. The normalized spacial score (nSPS) is 20.8. The van der Waals surface area contributed by atoms with Crippen molar-refractivity contribution in [1.82, 2.24) is 30.4 Å². The largest absolute Gasteiger partial charge is 0.508 e. The number of carboxylic acids is 2. The van der Waals surface area contributed by atoms with Gasteiger partial charge in [-0.05, 0) is 33.7 Å². The zero-order chi connectivity index (χ0) is 26.2. The molecular weight excluding hydrogens is 546 g/mol. The second-order valence-corrected chi connectivity index (χ2v) is 8.70. The number of aliphatic carboxylic acids is 2. The number of carbonyl (C=O) groups excluding carboxylic acids is 2. The van der Waals surface area contributed by atoms with E-state index in [0.717, 1.165) is 23.8 Å². The number of fused-ring (bicyclic) bond motifs is 1.